The summed E-state index contributed by atoms with van der Waals surface area (Å²) < 4.78 is 0. The van der Waals surface area contributed by atoms with Gasteiger partial charge in [-0.3, -0.25) is 4.99 Å². The van der Waals surface area contributed by atoms with Gasteiger partial charge in [0.05, 0.1) is 0 Å². The van der Waals surface area contributed by atoms with Gasteiger partial charge in [0.25, 0.3) is 0 Å². The second-order valence-electron chi connectivity index (χ2n) is 4.54. The number of fused-ring (bicyclic) bond motifs is 2. The summed E-state index contributed by atoms with van der Waals surface area (Å²) in [6.45, 7) is 4.72. The van der Waals surface area contributed by atoms with E-state index in [1.807, 2.05) is 7.05 Å². The summed E-state index contributed by atoms with van der Waals surface area (Å²) in [7, 11) is 1.96. The summed E-state index contributed by atoms with van der Waals surface area (Å²) in [5.74, 6) is 1.78. The molecule has 2 unspecified atom stereocenters. The molecule has 0 spiro atoms. The number of aliphatic imine (C=N–C) groups is 1. The lowest BCUT2D eigenvalue weighted by molar-refractivity contribution is 0.334. The Kier molecular flexibility index (Phi) is 1.39. The quantitative estimate of drug-likeness (QED) is 0.504. The molecular formula is C10H17N. The van der Waals surface area contributed by atoms with Gasteiger partial charge in [0.15, 0.2) is 0 Å². The molecule has 2 saturated carbocycles. The third-order valence-corrected chi connectivity index (χ3v) is 3.74. The zero-order valence-corrected chi connectivity index (χ0v) is 7.72. The molecule has 2 aliphatic carbocycles. The van der Waals surface area contributed by atoms with Crippen LogP contribution in [0.2, 0.25) is 0 Å². The first-order chi connectivity index (χ1) is 5.16. The van der Waals surface area contributed by atoms with Gasteiger partial charge in [-0.2, -0.15) is 0 Å². The van der Waals surface area contributed by atoms with Gasteiger partial charge < -0.3 is 0 Å². The summed E-state index contributed by atoms with van der Waals surface area (Å²) in [6, 6.07) is 0. The summed E-state index contributed by atoms with van der Waals surface area (Å²) in [5, 5.41) is 0. The lowest BCUT2D eigenvalue weighted by atomic mass is 9.75. The van der Waals surface area contributed by atoms with E-state index in [2.05, 4.69) is 18.8 Å². The van der Waals surface area contributed by atoms with Crippen LogP contribution in [0.3, 0.4) is 0 Å². The van der Waals surface area contributed by atoms with Crippen molar-refractivity contribution in [3.63, 3.8) is 0 Å². The van der Waals surface area contributed by atoms with E-state index >= 15 is 0 Å². The Balaban J connectivity index is 2.36. The maximum Gasteiger partial charge on any atom is 0.0276 e. The van der Waals surface area contributed by atoms with E-state index in [0.717, 1.165) is 11.8 Å². The summed E-state index contributed by atoms with van der Waals surface area (Å²) >= 11 is 0. The van der Waals surface area contributed by atoms with Crippen molar-refractivity contribution in [2.45, 2.75) is 33.1 Å². The fourth-order valence-electron chi connectivity index (χ4n) is 3.09. The molecule has 0 aromatic heterocycles. The van der Waals surface area contributed by atoms with Crippen LogP contribution in [0.15, 0.2) is 4.99 Å². The topological polar surface area (TPSA) is 12.4 Å². The van der Waals surface area contributed by atoms with Crippen LogP contribution in [0, 0.1) is 17.3 Å². The van der Waals surface area contributed by atoms with Crippen molar-refractivity contribution in [1.29, 1.82) is 0 Å². The van der Waals surface area contributed by atoms with Crippen molar-refractivity contribution in [1.82, 2.24) is 0 Å². The minimum Gasteiger partial charge on any atom is -0.297 e. The average Bonchev–Trinajstić information content (AvgIpc) is 2.44. The van der Waals surface area contributed by atoms with E-state index in [1.165, 1.54) is 25.0 Å². The predicted octanol–water partition coefficient (Wildman–Crippen LogP) is 2.51. The van der Waals surface area contributed by atoms with E-state index in [9.17, 15) is 0 Å². The zero-order valence-electron chi connectivity index (χ0n) is 7.72. The van der Waals surface area contributed by atoms with Gasteiger partial charge in [0.1, 0.15) is 0 Å². The molecule has 0 N–H and O–H groups in total. The highest BCUT2D eigenvalue weighted by Gasteiger charge is 2.49. The monoisotopic (exact) mass is 151 g/mol. The van der Waals surface area contributed by atoms with E-state index in [0.29, 0.717) is 5.41 Å². The van der Waals surface area contributed by atoms with Gasteiger partial charge >= 0.3 is 0 Å². The van der Waals surface area contributed by atoms with E-state index in [4.69, 9.17) is 0 Å². The molecule has 0 aromatic rings. The van der Waals surface area contributed by atoms with Crippen molar-refractivity contribution in [2.75, 3.05) is 7.05 Å². The molecule has 2 aliphatic rings. The second-order valence-corrected chi connectivity index (χ2v) is 4.54. The molecule has 0 radical (unpaired) electrons. The van der Waals surface area contributed by atoms with Crippen LogP contribution in [0.1, 0.15) is 33.1 Å². The van der Waals surface area contributed by atoms with Gasteiger partial charge in [0, 0.05) is 18.2 Å². The first-order valence-corrected chi connectivity index (χ1v) is 4.63. The Labute approximate surface area is 68.9 Å². The molecule has 0 aliphatic heterocycles. The normalized spacial score (nSPS) is 43.7. The highest BCUT2D eigenvalue weighted by atomic mass is 14.8. The van der Waals surface area contributed by atoms with Crippen molar-refractivity contribution in [3.05, 3.63) is 0 Å². The van der Waals surface area contributed by atoms with Crippen LogP contribution in [-0.4, -0.2) is 12.8 Å². The van der Waals surface area contributed by atoms with Crippen molar-refractivity contribution in [3.8, 4) is 0 Å². The summed E-state index contributed by atoms with van der Waals surface area (Å²) in [6.07, 6.45) is 4.26. The smallest absolute Gasteiger partial charge is 0.0276 e. The molecule has 2 atom stereocenters. The average molecular weight is 151 g/mol. The Bertz CT molecular complexity index is 203. The number of rotatable bonds is 0. The van der Waals surface area contributed by atoms with Crippen LogP contribution >= 0.6 is 0 Å². The number of nitrogens with zero attached hydrogens (tertiary/aromatic N) is 1. The first kappa shape index (κ1) is 7.33. The van der Waals surface area contributed by atoms with Crippen LogP contribution in [0.5, 0.6) is 0 Å². The number of hydrogen-bond donors (Lipinski definition) is 0. The molecule has 0 saturated heterocycles. The van der Waals surface area contributed by atoms with Gasteiger partial charge in [-0.1, -0.05) is 13.8 Å². The highest BCUT2D eigenvalue weighted by Crippen LogP contribution is 2.53. The lowest BCUT2D eigenvalue weighted by Crippen LogP contribution is -2.30. The van der Waals surface area contributed by atoms with Crippen LogP contribution in [0.25, 0.3) is 0 Å². The van der Waals surface area contributed by atoms with Crippen molar-refractivity contribution >= 4 is 5.71 Å². The van der Waals surface area contributed by atoms with Gasteiger partial charge in [0.2, 0.25) is 0 Å². The molecular weight excluding hydrogens is 134 g/mol. The first-order valence-electron chi connectivity index (χ1n) is 4.63. The fourth-order valence-corrected chi connectivity index (χ4v) is 3.09. The Morgan fingerprint density at radius 3 is 2.45 bits per heavy atom. The highest BCUT2D eigenvalue weighted by molar-refractivity contribution is 5.94. The zero-order chi connectivity index (χ0) is 8.06. The maximum atomic E-state index is 4.44. The molecule has 1 heteroatoms. The Hall–Kier alpha value is -0.330. The predicted molar refractivity (Wildman–Crippen MR) is 48.0 cm³/mol. The summed E-state index contributed by atoms with van der Waals surface area (Å²) in [4.78, 5) is 4.44. The van der Waals surface area contributed by atoms with E-state index < -0.39 is 0 Å². The standard InChI is InChI=1S/C10H17N/c1-10(2)8-5-4-7(6-8)9(10)11-3/h7-8H,4-6H2,1-3H3. The lowest BCUT2D eigenvalue weighted by Gasteiger charge is -2.31. The van der Waals surface area contributed by atoms with Gasteiger partial charge in [-0.15, -0.1) is 0 Å². The summed E-state index contributed by atoms with van der Waals surface area (Å²) in [5.41, 5.74) is 1.92. The molecule has 1 nitrogen and oxygen atoms in total. The number of hydrogen-bond acceptors (Lipinski definition) is 1. The molecule has 11 heavy (non-hydrogen) atoms. The van der Waals surface area contributed by atoms with Crippen molar-refractivity contribution < 1.29 is 0 Å². The largest absolute Gasteiger partial charge is 0.297 e. The van der Waals surface area contributed by atoms with Crippen molar-refractivity contribution in [2.24, 2.45) is 22.2 Å². The Morgan fingerprint density at radius 1 is 1.36 bits per heavy atom. The molecule has 0 aromatic carbocycles. The van der Waals surface area contributed by atoms with Gasteiger partial charge in [-0.05, 0) is 31.1 Å². The van der Waals surface area contributed by atoms with Crippen LogP contribution in [-0.2, 0) is 0 Å². The molecule has 0 heterocycles. The van der Waals surface area contributed by atoms with E-state index in [1.54, 1.807) is 0 Å². The minimum atomic E-state index is 0.428. The van der Waals surface area contributed by atoms with Crippen LogP contribution < -0.4 is 0 Å². The minimum absolute atomic E-state index is 0.428. The molecule has 0 amide bonds. The SMILES string of the molecule is CN=C1C2CCC(C2)C1(C)C. The third kappa shape index (κ3) is 0.800. The fraction of sp³-hybridized carbons (Fsp3) is 0.900. The van der Waals surface area contributed by atoms with Gasteiger partial charge in [-0.25, -0.2) is 0 Å². The van der Waals surface area contributed by atoms with Crippen LogP contribution in [0.4, 0.5) is 0 Å². The molecule has 2 rings (SSSR count). The third-order valence-electron chi connectivity index (χ3n) is 3.74. The molecule has 2 fully saturated rings. The van der Waals surface area contributed by atoms with E-state index in [-0.39, 0.29) is 0 Å². The maximum absolute atomic E-state index is 4.44. The molecule has 62 valence electrons. The Morgan fingerprint density at radius 2 is 2.09 bits per heavy atom. The molecule has 2 bridgehead atoms. The second kappa shape index (κ2) is 2.09.